The first-order valence-electron chi connectivity index (χ1n) is 5.91. The largest absolute Gasteiger partial charge is 0.335 e. The lowest BCUT2D eigenvalue weighted by Gasteiger charge is -2.25. The molecule has 2 rings (SSSR count). The van der Waals surface area contributed by atoms with Gasteiger partial charge < -0.3 is 4.90 Å². The Morgan fingerprint density at radius 3 is 2.78 bits per heavy atom. The molecule has 0 aliphatic heterocycles. The third-order valence-corrected chi connectivity index (χ3v) is 4.36. The standard InChI is InChI=1S/C13H16N2OS2/c1-10(2)15(7-5-12-14-6-9-18-12)13(16)11-4-3-8-17-11/h3-4,6,8-10H,5,7H2,1-2H3. The van der Waals surface area contributed by atoms with Crippen molar-refractivity contribution in [2.45, 2.75) is 26.3 Å². The Hall–Kier alpha value is -1.20. The Labute approximate surface area is 115 Å². The van der Waals surface area contributed by atoms with E-state index in [1.807, 2.05) is 41.6 Å². The van der Waals surface area contributed by atoms with Crippen LogP contribution in [0.4, 0.5) is 0 Å². The summed E-state index contributed by atoms with van der Waals surface area (Å²) in [6.07, 6.45) is 2.63. The van der Waals surface area contributed by atoms with Crippen LogP contribution in [0, 0.1) is 0 Å². The van der Waals surface area contributed by atoms with Crippen molar-refractivity contribution in [1.29, 1.82) is 0 Å². The van der Waals surface area contributed by atoms with Crippen LogP contribution in [0.2, 0.25) is 0 Å². The molecule has 2 aromatic rings. The molecule has 0 radical (unpaired) electrons. The molecule has 18 heavy (non-hydrogen) atoms. The Kier molecular flexibility index (Phi) is 4.49. The van der Waals surface area contributed by atoms with Gasteiger partial charge in [0.25, 0.3) is 5.91 Å². The predicted molar refractivity (Wildman–Crippen MR) is 76.3 cm³/mol. The fraction of sp³-hybridized carbons (Fsp3) is 0.385. The van der Waals surface area contributed by atoms with Gasteiger partial charge in [-0.3, -0.25) is 4.79 Å². The highest BCUT2D eigenvalue weighted by Gasteiger charge is 2.19. The summed E-state index contributed by atoms with van der Waals surface area (Å²) < 4.78 is 0. The van der Waals surface area contributed by atoms with E-state index in [9.17, 15) is 4.79 Å². The van der Waals surface area contributed by atoms with Gasteiger partial charge in [0.05, 0.1) is 9.88 Å². The summed E-state index contributed by atoms with van der Waals surface area (Å²) in [5.74, 6) is 0.122. The van der Waals surface area contributed by atoms with Crippen molar-refractivity contribution in [3.05, 3.63) is 39.0 Å². The average Bonchev–Trinajstić information content (AvgIpc) is 3.01. The summed E-state index contributed by atoms with van der Waals surface area (Å²) in [6, 6.07) is 4.00. The fourth-order valence-corrected chi connectivity index (χ4v) is 3.02. The zero-order chi connectivity index (χ0) is 13.0. The molecule has 0 saturated carbocycles. The minimum Gasteiger partial charge on any atom is -0.335 e. The first-order valence-corrected chi connectivity index (χ1v) is 7.67. The van der Waals surface area contributed by atoms with Crippen molar-refractivity contribution >= 4 is 28.6 Å². The van der Waals surface area contributed by atoms with Gasteiger partial charge in [-0.15, -0.1) is 22.7 Å². The number of rotatable bonds is 5. The maximum Gasteiger partial charge on any atom is 0.264 e. The lowest BCUT2D eigenvalue weighted by atomic mass is 10.2. The van der Waals surface area contributed by atoms with Crippen molar-refractivity contribution in [3.8, 4) is 0 Å². The van der Waals surface area contributed by atoms with Gasteiger partial charge >= 0.3 is 0 Å². The maximum atomic E-state index is 12.3. The lowest BCUT2D eigenvalue weighted by molar-refractivity contribution is 0.0713. The number of amides is 1. The molecule has 2 heterocycles. The summed E-state index contributed by atoms with van der Waals surface area (Å²) in [5, 5.41) is 4.99. The minimum atomic E-state index is 0.122. The Morgan fingerprint density at radius 1 is 1.39 bits per heavy atom. The van der Waals surface area contributed by atoms with Gasteiger partial charge in [-0.2, -0.15) is 0 Å². The van der Waals surface area contributed by atoms with Crippen LogP contribution in [-0.4, -0.2) is 28.4 Å². The second kappa shape index (κ2) is 6.11. The highest BCUT2D eigenvalue weighted by atomic mass is 32.1. The maximum absolute atomic E-state index is 12.3. The SMILES string of the molecule is CC(C)N(CCc1nccs1)C(=O)c1cccs1. The molecule has 1 amide bonds. The highest BCUT2D eigenvalue weighted by molar-refractivity contribution is 7.12. The molecule has 0 aliphatic rings. The second-order valence-electron chi connectivity index (χ2n) is 4.25. The van der Waals surface area contributed by atoms with Crippen LogP contribution >= 0.6 is 22.7 Å². The molecular formula is C13H16N2OS2. The molecule has 0 fully saturated rings. The number of carbonyl (C=O) groups excluding carboxylic acids is 1. The van der Waals surface area contributed by atoms with E-state index in [-0.39, 0.29) is 11.9 Å². The van der Waals surface area contributed by atoms with Crippen molar-refractivity contribution in [1.82, 2.24) is 9.88 Å². The highest BCUT2D eigenvalue weighted by Crippen LogP contribution is 2.15. The van der Waals surface area contributed by atoms with Crippen molar-refractivity contribution < 1.29 is 4.79 Å². The third-order valence-electron chi connectivity index (χ3n) is 2.67. The number of carbonyl (C=O) groups is 1. The molecule has 0 atom stereocenters. The van der Waals surface area contributed by atoms with Crippen molar-refractivity contribution in [2.24, 2.45) is 0 Å². The number of thiophene rings is 1. The zero-order valence-electron chi connectivity index (χ0n) is 10.5. The number of hydrogen-bond donors (Lipinski definition) is 0. The number of aromatic nitrogens is 1. The third kappa shape index (κ3) is 3.17. The van der Waals surface area contributed by atoms with E-state index in [4.69, 9.17) is 0 Å². The molecule has 0 unspecified atom stereocenters. The Morgan fingerprint density at radius 2 is 2.22 bits per heavy atom. The second-order valence-corrected chi connectivity index (χ2v) is 6.17. The van der Waals surface area contributed by atoms with Crippen LogP contribution in [0.25, 0.3) is 0 Å². The van der Waals surface area contributed by atoms with Gasteiger partial charge in [-0.1, -0.05) is 6.07 Å². The van der Waals surface area contributed by atoms with E-state index >= 15 is 0 Å². The van der Waals surface area contributed by atoms with E-state index in [1.165, 1.54) is 11.3 Å². The molecule has 0 N–H and O–H groups in total. The molecule has 2 aromatic heterocycles. The molecule has 3 nitrogen and oxygen atoms in total. The van der Waals surface area contributed by atoms with Gasteiger partial charge in [0, 0.05) is 30.6 Å². The summed E-state index contributed by atoms with van der Waals surface area (Å²) in [6.45, 7) is 4.82. The molecule has 0 spiro atoms. The van der Waals surface area contributed by atoms with E-state index in [0.717, 1.165) is 22.9 Å². The molecular weight excluding hydrogens is 264 g/mol. The first-order chi connectivity index (χ1) is 8.68. The normalized spacial score (nSPS) is 10.8. The van der Waals surface area contributed by atoms with Gasteiger partial charge in [-0.05, 0) is 25.3 Å². The predicted octanol–water partition coefficient (Wildman–Crippen LogP) is 3.30. The van der Waals surface area contributed by atoms with Crippen LogP contribution in [0.5, 0.6) is 0 Å². The van der Waals surface area contributed by atoms with Crippen LogP contribution in [-0.2, 0) is 6.42 Å². The van der Waals surface area contributed by atoms with Crippen LogP contribution in [0.15, 0.2) is 29.1 Å². The fourth-order valence-electron chi connectivity index (χ4n) is 1.73. The first kappa shape index (κ1) is 13.2. The van der Waals surface area contributed by atoms with E-state index in [0.29, 0.717) is 0 Å². The molecule has 0 bridgehead atoms. The molecule has 0 aromatic carbocycles. The Balaban J connectivity index is 2.02. The summed E-state index contributed by atoms with van der Waals surface area (Å²) in [4.78, 5) is 19.3. The van der Waals surface area contributed by atoms with Crippen molar-refractivity contribution in [3.63, 3.8) is 0 Å². The van der Waals surface area contributed by atoms with Crippen LogP contribution < -0.4 is 0 Å². The smallest absolute Gasteiger partial charge is 0.264 e. The number of thiazole rings is 1. The van der Waals surface area contributed by atoms with E-state index in [1.54, 1.807) is 17.5 Å². The average molecular weight is 280 g/mol. The summed E-state index contributed by atoms with van der Waals surface area (Å²) >= 11 is 3.14. The minimum absolute atomic E-state index is 0.122. The zero-order valence-corrected chi connectivity index (χ0v) is 12.1. The monoisotopic (exact) mass is 280 g/mol. The Bertz CT molecular complexity index is 477. The van der Waals surface area contributed by atoms with Gasteiger partial charge in [0.2, 0.25) is 0 Å². The van der Waals surface area contributed by atoms with Gasteiger partial charge in [-0.25, -0.2) is 4.98 Å². The van der Waals surface area contributed by atoms with Crippen LogP contribution in [0.1, 0.15) is 28.5 Å². The van der Waals surface area contributed by atoms with Crippen molar-refractivity contribution in [2.75, 3.05) is 6.54 Å². The van der Waals surface area contributed by atoms with Gasteiger partial charge in [0.1, 0.15) is 0 Å². The topological polar surface area (TPSA) is 33.2 Å². The van der Waals surface area contributed by atoms with E-state index < -0.39 is 0 Å². The molecule has 0 aliphatic carbocycles. The quantitative estimate of drug-likeness (QED) is 0.842. The number of hydrogen-bond acceptors (Lipinski definition) is 4. The van der Waals surface area contributed by atoms with Crippen LogP contribution in [0.3, 0.4) is 0 Å². The lowest BCUT2D eigenvalue weighted by Crippen LogP contribution is -2.38. The molecule has 5 heteroatoms. The van der Waals surface area contributed by atoms with E-state index in [2.05, 4.69) is 4.98 Å². The summed E-state index contributed by atoms with van der Waals surface area (Å²) in [5.41, 5.74) is 0. The molecule has 0 saturated heterocycles. The molecule has 96 valence electrons. The summed E-state index contributed by atoms with van der Waals surface area (Å²) in [7, 11) is 0. The number of nitrogens with zero attached hydrogens (tertiary/aromatic N) is 2. The van der Waals surface area contributed by atoms with Gasteiger partial charge in [0.15, 0.2) is 0 Å².